The molecule has 2 nitrogen and oxygen atoms in total. The number of rotatable bonds is 3. The van der Waals surface area contributed by atoms with Gasteiger partial charge in [0.05, 0.1) is 0 Å². The Labute approximate surface area is 316 Å². The Morgan fingerprint density at radius 3 is 1.67 bits per heavy atom. The third-order valence-corrected chi connectivity index (χ3v) is 14.0. The molecule has 2 bridgehead atoms. The molecule has 0 amide bonds. The van der Waals surface area contributed by atoms with Gasteiger partial charge in [-0.05, 0) is 133 Å². The lowest BCUT2D eigenvalue weighted by atomic mass is 9.33. The summed E-state index contributed by atoms with van der Waals surface area (Å²) in [5, 5.41) is 0. The molecule has 0 saturated heterocycles. The van der Waals surface area contributed by atoms with Crippen molar-refractivity contribution in [2.24, 2.45) is 16.7 Å². The average Bonchev–Trinajstić information content (AvgIpc) is 3.54. The minimum atomic E-state index is 0.0390. The molecular formula is C49H63BN2. The van der Waals surface area contributed by atoms with E-state index >= 15 is 0 Å². The van der Waals surface area contributed by atoms with Gasteiger partial charge >= 0.3 is 0 Å². The van der Waals surface area contributed by atoms with E-state index in [4.69, 9.17) is 0 Å². The molecule has 272 valence electrons. The van der Waals surface area contributed by atoms with E-state index in [0.717, 1.165) is 5.92 Å². The predicted octanol–water partition coefficient (Wildman–Crippen LogP) is 11.7. The van der Waals surface area contributed by atoms with Gasteiger partial charge in [-0.25, -0.2) is 0 Å². The lowest BCUT2D eigenvalue weighted by Crippen LogP contribution is -2.65. The Balaban J connectivity index is 1.49. The Bertz CT molecular complexity index is 2060. The lowest BCUT2D eigenvalue weighted by Gasteiger charge is -2.54. The van der Waals surface area contributed by atoms with Gasteiger partial charge in [0.25, 0.3) is 6.71 Å². The Hall–Kier alpha value is -3.46. The topological polar surface area (TPSA) is 6.48 Å². The molecule has 2 aliphatic carbocycles. The van der Waals surface area contributed by atoms with Gasteiger partial charge in [-0.1, -0.05) is 133 Å². The Morgan fingerprint density at radius 1 is 0.635 bits per heavy atom. The zero-order chi connectivity index (χ0) is 37.5. The standard InChI is InChI=1S/C49H63BN2/c1-30(2)31-25-41-43-42(26-31)52(44-48(12,13)35-23-24-49(44,14)29-35)40-22-18-34(47(9,10)11)28-38(40)50(43)37-27-33(46(6,7)8)17-21-39(37)51(41)36-19-15-32(16-20-36)45(3,4)5/h15-22,25-28,30,35,44H,23-24,29H2,1-14H3. The van der Waals surface area contributed by atoms with E-state index in [2.05, 4.69) is 180 Å². The molecule has 2 heterocycles. The van der Waals surface area contributed by atoms with Crippen LogP contribution in [0, 0.1) is 16.7 Å². The monoisotopic (exact) mass is 691 g/mol. The molecule has 0 N–H and O–H groups in total. The van der Waals surface area contributed by atoms with Crippen LogP contribution < -0.4 is 26.2 Å². The van der Waals surface area contributed by atoms with E-state index in [1.165, 1.54) is 86.3 Å². The highest BCUT2D eigenvalue weighted by atomic mass is 15.2. The maximum atomic E-state index is 2.90. The van der Waals surface area contributed by atoms with Crippen LogP contribution in [0.3, 0.4) is 0 Å². The summed E-state index contributed by atoms with van der Waals surface area (Å²) in [6, 6.07) is 30.1. The minimum absolute atomic E-state index is 0.0390. The van der Waals surface area contributed by atoms with Crippen molar-refractivity contribution in [3.05, 3.63) is 95.1 Å². The van der Waals surface area contributed by atoms with Crippen molar-refractivity contribution in [3.8, 4) is 0 Å². The second-order valence-corrected chi connectivity index (χ2v) is 21.4. The summed E-state index contributed by atoms with van der Waals surface area (Å²) in [6.45, 7) is 33.9. The first-order chi connectivity index (χ1) is 24.1. The third kappa shape index (κ3) is 5.26. The van der Waals surface area contributed by atoms with Crippen molar-refractivity contribution in [3.63, 3.8) is 0 Å². The van der Waals surface area contributed by atoms with Crippen molar-refractivity contribution in [2.75, 3.05) is 9.80 Å². The summed E-state index contributed by atoms with van der Waals surface area (Å²) in [5.41, 5.74) is 17.5. The van der Waals surface area contributed by atoms with Gasteiger partial charge in [0.2, 0.25) is 0 Å². The molecular weight excluding hydrogens is 627 g/mol. The van der Waals surface area contributed by atoms with E-state index in [-0.39, 0.29) is 33.8 Å². The number of nitrogens with zero attached hydrogens (tertiary/aromatic N) is 2. The fourth-order valence-electron chi connectivity index (χ4n) is 10.9. The normalized spacial score (nSPS) is 23.2. The highest BCUT2D eigenvalue weighted by molar-refractivity contribution is 7.00. The van der Waals surface area contributed by atoms with Gasteiger partial charge in [-0.3, -0.25) is 0 Å². The van der Waals surface area contributed by atoms with Crippen molar-refractivity contribution >= 4 is 51.5 Å². The van der Waals surface area contributed by atoms with E-state index in [1.807, 2.05) is 0 Å². The summed E-state index contributed by atoms with van der Waals surface area (Å²) < 4.78 is 0. The fraction of sp³-hybridized carbons (Fsp3) is 0.510. The molecule has 3 heteroatoms. The van der Waals surface area contributed by atoms with E-state index in [1.54, 1.807) is 0 Å². The van der Waals surface area contributed by atoms with Gasteiger partial charge < -0.3 is 9.80 Å². The maximum Gasteiger partial charge on any atom is 0.252 e. The van der Waals surface area contributed by atoms with Crippen LogP contribution in [0.15, 0.2) is 72.8 Å². The first-order valence-corrected chi connectivity index (χ1v) is 20.3. The number of hydrogen-bond acceptors (Lipinski definition) is 2. The summed E-state index contributed by atoms with van der Waals surface area (Å²) in [7, 11) is 0. The van der Waals surface area contributed by atoms with Crippen molar-refractivity contribution in [2.45, 2.75) is 144 Å². The van der Waals surface area contributed by atoms with Crippen LogP contribution in [0.1, 0.15) is 144 Å². The number of anilines is 5. The van der Waals surface area contributed by atoms with E-state index in [0.29, 0.717) is 12.0 Å². The van der Waals surface area contributed by atoms with Crippen LogP contribution in [0.4, 0.5) is 28.4 Å². The quantitative estimate of drug-likeness (QED) is 0.174. The number of fused-ring (bicyclic) bond motifs is 6. The molecule has 8 rings (SSSR count). The first-order valence-electron chi connectivity index (χ1n) is 20.3. The average molecular weight is 691 g/mol. The van der Waals surface area contributed by atoms with Crippen LogP contribution >= 0.6 is 0 Å². The molecule has 4 aliphatic rings. The molecule has 3 atom stereocenters. The van der Waals surface area contributed by atoms with Crippen LogP contribution in [-0.4, -0.2) is 12.8 Å². The van der Waals surface area contributed by atoms with Crippen molar-refractivity contribution in [1.29, 1.82) is 0 Å². The van der Waals surface area contributed by atoms with Crippen molar-refractivity contribution in [1.82, 2.24) is 0 Å². The van der Waals surface area contributed by atoms with E-state index < -0.39 is 0 Å². The SMILES string of the molecule is CC(C)c1cc2c3c(c1)N(C1C4(C)CCC(C4)C1(C)C)c1ccc(C(C)(C)C)cc1B3c1cc(C(C)(C)C)ccc1N2c1ccc(C(C)(C)C)cc1. The van der Waals surface area contributed by atoms with Gasteiger partial charge in [-0.15, -0.1) is 0 Å². The summed E-state index contributed by atoms with van der Waals surface area (Å²) in [5.74, 6) is 1.17. The van der Waals surface area contributed by atoms with Crippen LogP contribution in [-0.2, 0) is 16.2 Å². The van der Waals surface area contributed by atoms with Gasteiger partial charge in [0.1, 0.15) is 0 Å². The zero-order valence-electron chi connectivity index (χ0n) is 34.8. The minimum Gasteiger partial charge on any atom is -0.338 e. The second-order valence-electron chi connectivity index (χ2n) is 21.4. The zero-order valence-corrected chi connectivity index (χ0v) is 34.8. The van der Waals surface area contributed by atoms with Crippen molar-refractivity contribution < 1.29 is 0 Å². The second kappa shape index (κ2) is 11.3. The summed E-state index contributed by atoms with van der Waals surface area (Å²) in [6.07, 6.45) is 4.00. The van der Waals surface area contributed by atoms with E-state index in [9.17, 15) is 0 Å². The summed E-state index contributed by atoms with van der Waals surface area (Å²) >= 11 is 0. The fourth-order valence-corrected chi connectivity index (χ4v) is 10.9. The summed E-state index contributed by atoms with van der Waals surface area (Å²) in [4.78, 5) is 5.53. The molecule has 2 saturated carbocycles. The first kappa shape index (κ1) is 35.6. The van der Waals surface area contributed by atoms with Crippen LogP contribution in [0.25, 0.3) is 0 Å². The van der Waals surface area contributed by atoms with Gasteiger partial charge in [-0.2, -0.15) is 0 Å². The van der Waals surface area contributed by atoms with Crippen LogP contribution in [0.2, 0.25) is 0 Å². The lowest BCUT2D eigenvalue weighted by molar-refractivity contribution is 0.140. The molecule has 0 aromatic heterocycles. The third-order valence-electron chi connectivity index (χ3n) is 14.0. The Morgan fingerprint density at radius 2 is 1.15 bits per heavy atom. The smallest absolute Gasteiger partial charge is 0.252 e. The number of hydrogen-bond donors (Lipinski definition) is 0. The molecule has 2 aliphatic heterocycles. The van der Waals surface area contributed by atoms with Gasteiger partial charge in [0, 0.05) is 34.5 Å². The Kier molecular flexibility index (Phi) is 7.72. The largest absolute Gasteiger partial charge is 0.338 e. The molecule has 0 radical (unpaired) electrons. The van der Waals surface area contributed by atoms with Gasteiger partial charge in [0.15, 0.2) is 0 Å². The maximum absolute atomic E-state index is 2.90. The number of benzene rings is 4. The molecule has 52 heavy (non-hydrogen) atoms. The molecule has 0 spiro atoms. The molecule has 2 fully saturated rings. The predicted molar refractivity (Wildman–Crippen MR) is 228 cm³/mol. The highest BCUT2D eigenvalue weighted by Gasteiger charge is 2.63. The molecule has 4 aromatic carbocycles. The molecule has 4 aromatic rings. The highest BCUT2D eigenvalue weighted by Crippen LogP contribution is 2.65. The molecule has 3 unspecified atom stereocenters. The van der Waals surface area contributed by atoms with Crippen LogP contribution in [0.5, 0.6) is 0 Å².